The Bertz CT molecular complexity index is 1210. The molecule has 2 fully saturated rings. The first-order valence-electron chi connectivity index (χ1n) is 14.0. The summed E-state index contributed by atoms with van der Waals surface area (Å²) < 4.78 is 0. The third kappa shape index (κ3) is 4.92. The van der Waals surface area contributed by atoms with Gasteiger partial charge in [-0.05, 0) is 103 Å². The molecule has 0 saturated carbocycles. The topological polar surface area (TPSA) is 43.8 Å². The largest absolute Gasteiger partial charge is 0.508 e. The minimum Gasteiger partial charge on any atom is -0.508 e. The number of phenolic OH excluding ortho intramolecular Hbond substituents is 1. The van der Waals surface area contributed by atoms with E-state index in [2.05, 4.69) is 70.5 Å². The number of carbonyl (C=O) groups excluding carboxylic acids is 1. The normalized spacial score (nSPS) is 23.5. The van der Waals surface area contributed by atoms with Gasteiger partial charge in [-0.1, -0.05) is 48.5 Å². The number of aryl methyl sites for hydroxylation is 1. The molecule has 37 heavy (non-hydrogen) atoms. The Kier molecular flexibility index (Phi) is 6.77. The minimum atomic E-state index is 0.288. The summed E-state index contributed by atoms with van der Waals surface area (Å²) >= 11 is 0. The van der Waals surface area contributed by atoms with Crippen molar-refractivity contribution < 1.29 is 9.90 Å². The number of rotatable bonds is 5. The zero-order valence-electron chi connectivity index (χ0n) is 21.7. The second-order valence-electron chi connectivity index (χ2n) is 11.5. The maximum absolute atomic E-state index is 11.0. The molecule has 1 aliphatic carbocycles. The van der Waals surface area contributed by atoms with Gasteiger partial charge in [0.05, 0.1) is 6.54 Å². The van der Waals surface area contributed by atoms with Crippen molar-refractivity contribution in [2.24, 2.45) is 5.41 Å². The van der Waals surface area contributed by atoms with Crippen molar-refractivity contribution in [1.29, 1.82) is 0 Å². The van der Waals surface area contributed by atoms with Gasteiger partial charge in [0.2, 0.25) is 0 Å². The number of likely N-dealkylation sites (tertiary alicyclic amines) is 1. The highest BCUT2D eigenvalue weighted by Crippen LogP contribution is 2.47. The van der Waals surface area contributed by atoms with E-state index in [1.54, 1.807) is 0 Å². The summed E-state index contributed by atoms with van der Waals surface area (Å²) in [6.07, 6.45) is 8.07. The molecule has 1 N–H and O–H groups in total. The number of aromatic hydroxyl groups is 1. The number of hydrogen-bond acceptors (Lipinski definition) is 4. The number of fused-ring (bicyclic) bond motifs is 1. The average molecular weight is 495 g/mol. The summed E-state index contributed by atoms with van der Waals surface area (Å²) in [5.74, 6) is 1.08. The first-order chi connectivity index (χ1) is 18.1. The Morgan fingerprint density at radius 3 is 2.43 bits per heavy atom. The first kappa shape index (κ1) is 24.2. The predicted octanol–water partition coefficient (Wildman–Crippen LogP) is 6.14. The molecule has 6 rings (SSSR count). The Morgan fingerprint density at radius 1 is 0.892 bits per heavy atom. The van der Waals surface area contributed by atoms with E-state index in [0.717, 1.165) is 45.3 Å². The molecule has 4 heteroatoms. The lowest BCUT2D eigenvalue weighted by Crippen LogP contribution is -2.50. The van der Waals surface area contributed by atoms with E-state index >= 15 is 0 Å². The summed E-state index contributed by atoms with van der Waals surface area (Å²) in [4.78, 5) is 15.9. The summed E-state index contributed by atoms with van der Waals surface area (Å²) in [5.41, 5.74) is 7.08. The molecule has 192 valence electrons. The van der Waals surface area contributed by atoms with Crippen LogP contribution < -0.4 is 4.90 Å². The summed E-state index contributed by atoms with van der Waals surface area (Å²) in [6, 6.07) is 26.2. The lowest BCUT2D eigenvalue weighted by atomic mass is 9.69. The number of benzene rings is 3. The lowest BCUT2D eigenvalue weighted by molar-refractivity contribution is -0.109. The van der Waals surface area contributed by atoms with Crippen LogP contribution in [-0.2, 0) is 11.2 Å². The molecule has 0 aromatic heterocycles. The van der Waals surface area contributed by atoms with Crippen molar-refractivity contribution in [3.63, 3.8) is 0 Å². The fraction of sp³-hybridized carbons (Fsp3) is 0.424. The number of anilines is 1. The molecular weight excluding hydrogens is 456 g/mol. The van der Waals surface area contributed by atoms with Crippen LogP contribution in [0.3, 0.4) is 0 Å². The molecule has 2 saturated heterocycles. The molecule has 2 heterocycles. The Morgan fingerprint density at radius 2 is 1.68 bits per heavy atom. The van der Waals surface area contributed by atoms with Crippen molar-refractivity contribution >= 4 is 12.0 Å². The van der Waals surface area contributed by atoms with Gasteiger partial charge >= 0.3 is 0 Å². The highest BCUT2D eigenvalue weighted by atomic mass is 16.3. The van der Waals surface area contributed by atoms with Crippen LogP contribution in [0.5, 0.6) is 5.75 Å². The number of piperidine rings is 2. The Balaban J connectivity index is 1.22. The van der Waals surface area contributed by atoms with Crippen LogP contribution in [-0.4, -0.2) is 49.0 Å². The standard InChI is InChI=1S/C33H38N2O2/c36-22-21-34-18-4-15-33(24-34)16-19-35(20-17-33)28-10-7-26(8-11-28)32-30(25-5-2-1-3-6-25)13-9-27-23-29(37)12-14-31(27)32/h1-3,5-8,10-12,14,22-23,30,32,37H,4,9,13,15-21,24H2/t30?,32-/m1/s1. The van der Waals surface area contributed by atoms with Gasteiger partial charge in [-0.3, -0.25) is 4.90 Å². The monoisotopic (exact) mass is 494 g/mol. The number of nitrogens with zero attached hydrogens (tertiary/aromatic N) is 2. The highest BCUT2D eigenvalue weighted by Gasteiger charge is 2.38. The Labute approximate surface area is 220 Å². The fourth-order valence-corrected chi connectivity index (χ4v) is 7.39. The molecule has 3 aliphatic rings. The molecule has 1 spiro atoms. The number of hydrogen-bond donors (Lipinski definition) is 1. The van der Waals surface area contributed by atoms with Crippen molar-refractivity contribution in [1.82, 2.24) is 4.90 Å². The lowest BCUT2D eigenvalue weighted by Gasteiger charge is -2.48. The van der Waals surface area contributed by atoms with E-state index in [-0.39, 0.29) is 5.92 Å². The van der Waals surface area contributed by atoms with Crippen LogP contribution >= 0.6 is 0 Å². The van der Waals surface area contributed by atoms with E-state index in [1.807, 2.05) is 12.1 Å². The van der Waals surface area contributed by atoms with Crippen LogP contribution in [0.25, 0.3) is 0 Å². The van der Waals surface area contributed by atoms with E-state index < -0.39 is 0 Å². The molecule has 1 unspecified atom stereocenters. The van der Waals surface area contributed by atoms with Crippen LogP contribution in [0.2, 0.25) is 0 Å². The average Bonchev–Trinajstić information content (AvgIpc) is 2.94. The molecular formula is C33H38N2O2. The van der Waals surface area contributed by atoms with E-state index in [1.165, 1.54) is 53.6 Å². The fourth-order valence-electron chi connectivity index (χ4n) is 7.39. The number of phenols is 1. The van der Waals surface area contributed by atoms with Crippen LogP contribution in [0, 0.1) is 5.41 Å². The second kappa shape index (κ2) is 10.3. The van der Waals surface area contributed by atoms with Crippen LogP contribution in [0.4, 0.5) is 5.69 Å². The minimum absolute atomic E-state index is 0.288. The van der Waals surface area contributed by atoms with Gasteiger partial charge in [-0.15, -0.1) is 0 Å². The Hall–Kier alpha value is -3.11. The van der Waals surface area contributed by atoms with Gasteiger partial charge in [0.15, 0.2) is 0 Å². The van der Waals surface area contributed by atoms with Gasteiger partial charge in [0.1, 0.15) is 12.0 Å². The third-order valence-corrected chi connectivity index (χ3v) is 9.33. The first-order valence-corrected chi connectivity index (χ1v) is 14.0. The van der Waals surface area contributed by atoms with Gasteiger partial charge in [-0.2, -0.15) is 0 Å². The van der Waals surface area contributed by atoms with E-state index in [0.29, 0.717) is 23.6 Å². The molecule has 3 aromatic rings. The van der Waals surface area contributed by atoms with Crippen molar-refractivity contribution in [2.75, 3.05) is 37.6 Å². The van der Waals surface area contributed by atoms with Gasteiger partial charge in [-0.25, -0.2) is 0 Å². The molecule has 2 atom stereocenters. The van der Waals surface area contributed by atoms with Crippen molar-refractivity contribution in [2.45, 2.75) is 50.4 Å². The maximum Gasteiger partial charge on any atom is 0.133 e. The smallest absolute Gasteiger partial charge is 0.133 e. The molecule has 4 nitrogen and oxygen atoms in total. The van der Waals surface area contributed by atoms with Gasteiger partial charge in [0.25, 0.3) is 0 Å². The highest BCUT2D eigenvalue weighted by molar-refractivity contribution is 5.53. The predicted molar refractivity (Wildman–Crippen MR) is 150 cm³/mol. The number of aldehydes is 1. The second-order valence-corrected chi connectivity index (χ2v) is 11.5. The summed E-state index contributed by atoms with van der Waals surface area (Å²) in [6.45, 7) is 4.91. The molecule has 3 aromatic carbocycles. The summed E-state index contributed by atoms with van der Waals surface area (Å²) in [7, 11) is 0. The van der Waals surface area contributed by atoms with Crippen LogP contribution in [0.15, 0.2) is 72.8 Å². The molecule has 2 aliphatic heterocycles. The zero-order valence-corrected chi connectivity index (χ0v) is 21.7. The van der Waals surface area contributed by atoms with Gasteiger partial charge < -0.3 is 14.8 Å². The summed E-state index contributed by atoms with van der Waals surface area (Å²) in [5, 5.41) is 10.1. The van der Waals surface area contributed by atoms with E-state index in [9.17, 15) is 9.90 Å². The van der Waals surface area contributed by atoms with E-state index in [4.69, 9.17) is 0 Å². The van der Waals surface area contributed by atoms with Crippen LogP contribution in [0.1, 0.15) is 66.2 Å². The quantitative estimate of drug-likeness (QED) is 0.433. The van der Waals surface area contributed by atoms with Crippen molar-refractivity contribution in [3.05, 3.63) is 95.1 Å². The molecule has 0 amide bonds. The van der Waals surface area contributed by atoms with Crippen molar-refractivity contribution in [3.8, 4) is 5.75 Å². The number of carbonyl (C=O) groups is 1. The maximum atomic E-state index is 11.0. The third-order valence-electron chi connectivity index (χ3n) is 9.33. The zero-order chi connectivity index (χ0) is 25.2. The van der Waals surface area contributed by atoms with Gasteiger partial charge in [0, 0.05) is 31.2 Å². The SMILES string of the molecule is O=CCN1CCCC2(CCN(c3ccc([C@H]4c5ccc(O)cc5CCC4c4ccccc4)cc3)CC2)C1. The molecule has 0 bridgehead atoms. The molecule has 0 radical (unpaired) electrons.